The van der Waals surface area contributed by atoms with Crippen LogP contribution in [0.15, 0.2) is 27.6 Å². The zero-order valence-corrected chi connectivity index (χ0v) is 12.4. The number of nitrogens with zero attached hydrogens (tertiary/aromatic N) is 3. The van der Waals surface area contributed by atoms with Crippen LogP contribution in [0.2, 0.25) is 0 Å². The van der Waals surface area contributed by atoms with Gasteiger partial charge in [-0.2, -0.15) is 5.10 Å². The van der Waals surface area contributed by atoms with Crippen molar-refractivity contribution >= 4 is 15.9 Å². The molecule has 0 aliphatic rings. The van der Waals surface area contributed by atoms with Crippen LogP contribution in [0.3, 0.4) is 0 Å². The molecule has 0 unspecified atom stereocenters. The van der Waals surface area contributed by atoms with Gasteiger partial charge in [0.2, 0.25) is 0 Å². The van der Waals surface area contributed by atoms with Gasteiger partial charge in [-0.1, -0.05) is 0 Å². The molecule has 0 fully saturated rings. The number of pyridine rings is 1. The zero-order chi connectivity index (χ0) is 13.3. The summed E-state index contributed by atoms with van der Waals surface area (Å²) in [5.41, 5.74) is 2.98. The summed E-state index contributed by atoms with van der Waals surface area (Å²) in [7, 11) is 0. The SMILES string of the molecule is CCn1nc(C)c(Br)c1Cn1ccc(C)cc1=O. The monoisotopic (exact) mass is 309 g/mol. The lowest BCUT2D eigenvalue weighted by Gasteiger charge is -2.08. The molecule has 5 heteroatoms. The summed E-state index contributed by atoms with van der Waals surface area (Å²) in [6, 6.07) is 3.59. The molecule has 0 N–H and O–H groups in total. The van der Waals surface area contributed by atoms with Crippen molar-refractivity contribution in [1.29, 1.82) is 0 Å². The summed E-state index contributed by atoms with van der Waals surface area (Å²) in [6.07, 6.45) is 1.83. The fraction of sp³-hybridized carbons (Fsp3) is 0.385. The molecule has 0 atom stereocenters. The van der Waals surface area contributed by atoms with Crippen molar-refractivity contribution in [2.45, 2.75) is 33.9 Å². The van der Waals surface area contributed by atoms with Crippen molar-refractivity contribution in [1.82, 2.24) is 14.3 Å². The Morgan fingerprint density at radius 1 is 1.39 bits per heavy atom. The van der Waals surface area contributed by atoms with E-state index in [9.17, 15) is 4.79 Å². The van der Waals surface area contributed by atoms with E-state index in [4.69, 9.17) is 0 Å². The third-order valence-corrected chi connectivity index (χ3v) is 3.96. The van der Waals surface area contributed by atoms with E-state index >= 15 is 0 Å². The lowest BCUT2D eigenvalue weighted by molar-refractivity contribution is 0.590. The lowest BCUT2D eigenvalue weighted by atomic mass is 10.3. The van der Waals surface area contributed by atoms with Crippen LogP contribution in [0.5, 0.6) is 0 Å². The lowest BCUT2D eigenvalue weighted by Crippen LogP contribution is -2.21. The van der Waals surface area contributed by atoms with E-state index in [0.717, 1.165) is 28.0 Å². The van der Waals surface area contributed by atoms with Gasteiger partial charge in [0, 0.05) is 18.8 Å². The van der Waals surface area contributed by atoms with Gasteiger partial charge in [-0.3, -0.25) is 9.48 Å². The van der Waals surface area contributed by atoms with Gasteiger partial charge in [-0.05, 0) is 48.3 Å². The van der Waals surface area contributed by atoms with Gasteiger partial charge in [0.25, 0.3) is 5.56 Å². The number of halogens is 1. The quantitative estimate of drug-likeness (QED) is 0.874. The molecule has 2 aromatic rings. The minimum atomic E-state index is 0.0170. The third kappa shape index (κ3) is 2.41. The van der Waals surface area contributed by atoms with E-state index in [1.807, 2.05) is 37.7 Å². The second kappa shape index (κ2) is 5.10. The average Bonchev–Trinajstić information content (AvgIpc) is 2.60. The fourth-order valence-electron chi connectivity index (χ4n) is 1.92. The Morgan fingerprint density at radius 2 is 2.11 bits per heavy atom. The van der Waals surface area contributed by atoms with E-state index in [1.54, 1.807) is 10.6 Å². The van der Waals surface area contributed by atoms with Crippen LogP contribution in [0.4, 0.5) is 0 Å². The Labute approximate surface area is 114 Å². The van der Waals surface area contributed by atoms with Crippen LogP contribution >= 0.6 is 15.9 Å². The van der Waals surface area contributed by atoms with Gasteiger partial charge in [-0.25, -0.2) is 0 Å². The highest BCUT2D eigenvalue weighted by atomic mass is 79.9. The van der Waals surface area contributed by atoms with Crippen molar-refractivity contribution in [3.8, 4) is 0 Å². The molecule has 0 saturated carbocycles. The molecule has 18 heavy (non-hydrogen) atoms. The number of aryl methyl sites for hydroxylation is 3. The maximum Gasteiger partial charge on any atom is 0.251 e. The van der Waals surface area contributed by atoms with Gasteiger partial charge in [0.15, 0.2) is 0 Å². The predicted octanol–water partition coefficient (Wildman–Crippen LogP) is 2.49. The average molecular weight is 310 g/mol. The molecule has 0 amide bonds. The molecule has 0 saturated heterocycles. The van der Waals surface area contributed by atoms with Crippen LogP contribution in [0, 0.1) is 13.8 Å². The molecule has 2 rings (SSSR count). The summed E-state index contributed by atoms with van der Waals surface area (Å²) in [4.78, 5) is 11.9. The molecule has 0 aliphatic carbocycles. The smallest absolute Gasteiger partial charge is 0.251 e. The van der Waals surface area contributed by atoms with Crippen molar-refractivity contribution in [3.63, 3.8) is 0 Å². The van der Waals surface area contributed by atoms with E-state index in [2.05, 4.69) is 21.0 Å². The topological polar surface area (TPSA) is 39.8 Å². The van der Waals surface area contributed by atoms with Crippen LogP contribution in [-0.4, -0.2) is 14.3 Å². The Balaban J connectivity index is 2.42. The van der Waals surface area contributed by atoms with Crippen LogP contribution in [0.25, 0.3) is 0 Å². The van der Waals surface area contributed by atoms with E-state index in [1.165, 1.54) is 0 Å². The van der Waals surface area contributed by atoms with Crippen molar-refractivity contribution in [2.75, 3.05) is 0 Å². The largest absolute Gasteiger partial charge is 0.309 e. The summed E-state index contributed by atoms with van der Waals surface area (Å²) in [5, 5.41) is 4.43. The summed E-state index contributed by atoms with van der Waals surface area (Å²) >= 11 is 3.54. The summed E-state index contributed by atoms with van der Waals surface area (Å²) in [5.74, 6) is 0. The summed E-state index contributed by atoms with van der Waals surface area (Å²) in [6.45, 7) is 7.25. The van der Waals surface area contributed by atoms with Crippen LogP contribution in [-0.2, 0) is 13.1 Å². The number of aromatic nitrogens is 3. The minimum absolute atomic E-state index is 0.0170. The predicted molar refractivity (Wildman–Crippen MR) is 74.9 cm³/mol. The molecule has 2 heterocycles. The Bertz CT molecular complexity index is 628. The standard InChI is InChI=1S/C13H16BrN3O/c1-4-17-11(13(14)10(3)15-17)8-16-6-5-9(2)7-12(16)18/h5-7H,4,8H2,1-3H3. The first-order chi connectivity index (χ1) is 8.52. The Morgan fingerprint density at radius 3 is 2.72 bits per heavy atom. The third-order valence-electron chi connectivity index (χ3n) is 2.92. The second-order valence-electron chi connectivity index (χ2n) is 4.33. The second-order valence-corrected chi connectivity index (χ2v) is 5.13. The summed E-state index contributed by atoms with van der Waals surface area (Å²) < 4.78 is 4.60. The molecule has 2 aromatic heterocycles. The van der Waals surface area contributed by atoms with Crippen LogP contribution in [0.1, 0.15) is 23.9 Å². The highest BCUT2D eigenvalue weighted by molar-refractivity contribution is 9.10. The maximum atomic E-state index is 11.9. The molecule has 0 radical (unpaired) electrons. The number of hydrogen-bond acceptors (Lipinski definition) is 2. The molecular weight excluding hydrogens is 294 g/mol. The van der Waals surface area contributed by atoms with Crippen molar-refractivity contribution < 1.29 is 0 Å². The van der Waals surface area contributed by atoms with E-state index in [0.29, 0.717) is 6.54 Å². The molecule has 0 spiro atoms. The molecule has 4 nitrogen and oxygen atoms in total. The zero-order valence-electron chi connectivity index (χ0n) is 10.8. The van der Waals surface area contributed by atoms with E-state index < -0.39 is 0 Å². The Kier molecular flexibility index (Phi) is 3.71. The Hall–Kier alpha value is -1.36. The first kappa shape index (κ1) is 13.1. The number of rotatable bonds is 3. The number of hydrogen-bond donors (Lipinski definition) is 0. The minimum Gasteiger partial charge on any atom is -0.309 e. The maximum absolute atomic E-state index is 11.9. The van der Waals surface area contributed by atoms with Crippen LogP contribution < -0.4 is 5.56 Å². The van der Waals surface area contributed by atoms with Gasteiger partial charge in [-0.15, -0.1) is 0 Å². The van der Waals surface area contributed by atoms with E-state index in [-0.39, 0.29) is 5.56 Å². The fourth-order valence-corrected chi connectivity index (χ4v) is 2.33. The van der Waals surface area contributed by atoms with Gasteiger partial charge >= 0.3 is 0 Å². The molecule has 96 valence electrons. The van der Waals surface area contributed by atoms with Gasteiger partial charge in [0.05, 0.1) is 22.4 Å². The molecule has 0 aromatic carbocycles. The first-order valence-electron chi connectivity index (χ1n) is 5.91. The highest BCUT2D eigenvalue weighted by Crippen LogP contribution is 2.21. The normalized spacial score (nSPS) is 10.9. The first-order valence-corrected chi connectivity index (χ1v) is 6.71. The highest BCUT2D eigenvalue weighted by Gasteiger charge is 2.12. The van der Waals surface area contributed by atoms with Crippen molar-refractivity contribution in [3.05, 3.63) is 50.1 Å². The molecule has 0 bridgehead atoms. The van der Waals surface area contributed by atoms with Crippen molar-refractivity contribution in [2.24, 2.45) is 0 Å². The van der Waals surface area contributed by atoms with Gasteiger partial charge < -0.3 is 4.57 Å². The molecular formula is C13H16BrN3O. The molecule has 0 aliphatic heterocycles. The van der Waals surface area contributed by atoms with Gasteiger partial charge in [0.1, 0.15) is 0 Å².